The first-order chi connectivity index (χ1) is 18.5. The molecule has 0 bridgehead atoms. The summed E-state index contributed by atoms with van der Waals surface area (Å²) >= 11 is 5.91. The number of halogens is 4. The summed E-state index contributed by atoms with van der Waals surface area (Å²) in [6.45, 7) is 0.694. The van der Waals surface area contributed by atoms with E-state index in [0.717, 1.165) is 14.3 Å². The van der Waals surface area contributed by atoms with E-state index in [1.165, 1.54) is 42.4 Å². The average Bonchev–Trinajstić information content (AvgIpc) is 3.50. The quantitative estimate of drug-likeness (QED) is 0.310. The van der Waals surface area contributed by atoms with Crippen LogP contribution in [0.3, 0.4) is 0 Å². The van der Waals surface area contributed by atoms with E-state index >= 15 is 0 Å². The number of aliphatic hydroxyl groups excluding tert-OH is 1. The fraction of sp³-hybridized carbons (Fsp3) is 0.292. The molecule has 15 heteroatoms. The summed E-state index contributed by atoms with van der Waals surface area (Å²) < 4.78 is 42.2. The molecule has 0 spiro atoms. The van der Waals surface area contributed by atoms with Gasteiger partial charge in [-0.05, 0) is 43.3 Å². The molecule has 206 valence electrons. The van der Waals surface area contributed by atoms with Crippen LogP contribution >= 0.6 is 11.6 Å². The molecule has 4 aromatic rings. The summed E-state index contributed by atoms with van der Waals surface area (Å²) in [6.07, 6.45) is -6.40. The number of para-hydroxylation sites is 1. The Labute approximate surface area is 224 Å². The predicted molar refractivity (Wildman–Crippen MR) is 133 cm³/mol. The van der Waals surface area contributed by atoms with Gasteiger partial charge in [0.05, 0.1) is 24.9 Å². The second-order valence-corrected chi connectivity index (χ2v) is 8.68. The van der Waals surface area contributed by atoms with E-state index in [9.17, 15) is 27.9 Å². The molecule has 1 N–H and O–H groups in total. The molecular formula is C24H23ClF3N7O4. The van der Waals surface area contributed by atoms with Crippen LogP contribution in [0, 0.1) is 0 Å². The van der Waals surface area contributed by atoms with Crippen molar-refractivity contribution in [2.45, 2.75) is 32.3 Å². The number of carbonyl (C=O) groups excluding carboxylic acids is 1. The Hall–Kier alpha value is -4.01. The Kier molecular flexibility index (Phi) is 8.18. The molecule has 11 nitrogen and oxygen atoms in total. The summed E-state index contributed by atoms with van der Waals surface area (Å²) in [4.78, 5) is 35.2. The molecule has 0 aliphatic rings. The third kappa shape index (κ3) is 6.02. The normalized spacial score (nSPS) is 12.5. The molecule has 1 unspecified atom stereocenters. The van der Waals surface area contributed by atoms with Crippen molar-refractivity contribution in [1.82, 2.24) is 34.2 Å². The Balaban J connectivity index is 1.69. The predicted octanol–water partition coefficient (Wildman–Crippen LogP) is 2.94. The molecule has 0 saturated heterocycles. The van der Waals surface area contributed by atoms with Crippen molar-refractivity contribution in [3.05, 3.63) is 81.8 Å². The van der Waals surface area contributed by atoms with Crippen LogP contribution in [-0.4, -0.2) is 71.1 Å². The van der Waals surface area contributed by atoms with Gasteiger partial charge in [-0.15, -0.1) is 10.2 Å². The van der Waals surface area contributed by atoms with E-state index in [0.29, 0.717) is 22.8 Å². The Morgan fingerprint density at radius 3 is 2.49 bits per heavy atom. The van der Waals surface area contributed by atoms with Gasteiger partial charge in [0.25, 0.3) is 5.91 Å². The molecular weight excluding hydrogens is 543 g/mol. The van der Waals surface area contributed by atoms with Crippen LogP contribution < -0.4 is 5.69 Å². The van der Waals surface area contributed by atoms with Gasteiger partial charge in [-0.3, -0.25) is 14.2 Å². The van der Waals surface area contributed by atoms with Gasteiger partial charge in [-0.2, -0.15) is 13.2 Å². The molecule has 0 saturated carbocycles. The highest BCUT2D eigenvalue weighted by atomic mass is 35.5. The molecule has 2 aromatic carbocycles. The fourth-order valence-electron chi connectivity index (χ4n) is 3.76. The van der Waals surface area contributed by atoms with E-state index in [1.807, 2.05) is 0 Å². The topological polar surface area (TPSA) is 120 Å². The highest BCUT2D eigenvalue weighted by Crippen LogP contribution is 2.24. The standard InChI is InChI=1S/C24H23ClF3N7O4/c1-3-35(39-2)22(37)17-6-4-5-7-18(17)34-14-29-20(30-34)13-33-23(38)32(12-19(36)24(26,27)28)21(31-33)15-8-10-16(25)11-9-15/h4-11,14,19,36H,3,12-13H2,1-2H3. The number of amides is 1. The zero-order chi connectivity index (χ0) is 28.3. The molecule has 0 aliphatic carbocycles. The van der Waals surface area contributed by atoms with E-state index in [-0.39, 0.29) is 23.8 Å². The monoisotopic (exact) mass is 565 g/mol. The minimum Gasteiger partial charge on any atom is -0.382 e. The minimum absolute atomic E-state index is 0.0992. The number of aromatic nitrogens is 6. The van der Waals surface area contributed by atoms with Crippen molar-refractivity contribution >= 4 is 17.5 Å². The van der Waals surface area contributed by atoms with Gasteiger partial charge in [0.15, 0.2) is 17.8 Å². The smallest absolute Gasteiger partial charge is 0.382 e. The Morgan fingerprint density at radius 1 is 1.15 bits per heavy atom. The number of hydrogen-bond donors (Lipinski definition) is 1. The third-order valence-electron chi connectivity index (χ3n) is 5.70. The second kappa shape index (κ2) is 11.4. The zero-order valence-electron chi connectivity index (χ0n) is 20.7. The number of aliphatic hydroxyl groups is 1. The zero-order valence-corrected chi connectivity index (χ0v) is 21.5. The SMILES string of the molecule is CCN(OC)C(=O)c1ccccc1-n1cnc(Cn2nc(-c3ccc(Cl)cc3)n(CC(O)C(F)(F)F)c2=O)n1. The lowest BCUT2D eigenvalue weighted by Crippen LogP contribution is -2.37. The summed E-state index contributed by atoms with van der Waals surface area (Å²) in [5.74, 6) is -0.407. The van der Waals surface area contributed by atoms with Gasteiger partial charge in [0.2, 0.25) is 0 Å². The van der Waals surface area contributed by atoms with Crippen LogP contribution in [-0.2, 0) is 17.9 Å². The summed E-state index contributed by atoms with van der Waals surface area (Å²) in [5.41, 5.74) is 0.0815. The van der Waals surface area contributed by atoms with Crippen LogP contribution in [0.25, 0.3) is 17.1 Å². The second-order valence-electron chi connectivity index (χ2n) is 8.24. The van der Waals surface area contributed by atoms with Crippen LogP contribution in [0.1, 0.15) is 23.1 Å². The molecule has 0 radical (unpaired) electrons. The van der Waals surface area contributed by atoms with Gasteiger partial charge in [-0.1, -0.05) is 23.7 Å². The lowest BCUT2D eigenvalue weighted by molar-refractivity contribution is -0.207. The van der Waals surface area contributed by atoms with Crippen LogP contribution in [0.5, 0.6) is 0 Å². The van der Waals surface area contributed by atoms with Crippen molar-refractivity contribution in [3.8, 4) is 17.1 Å². The summed E-state index contributed by atoms with van der Waals surface area (Å²) in [6, 6.07) is 12.6. The first-order valence-electron chi connectivity index (χ1n) is 11.6. The van der Waals surface area contributed by atoms with E-state index in [2.05, 4.69) is 15.2 Å². The van der Waals surface area contributed by atoms with Crippen molar-refractivity contribution < 1.29 is 27.9 Å². The van der Waals surface area contributed by atoms with Crippen LogP contribution in [0.4, 0.5) is 13.2 Å². The highest BCUT2D eigenvalue weighted by Gasteiger charge is 2.39. The van der Waals surface area contributed by atoms with Crippen molar-refractivity contribution in [2.75, 3.05) is 13.7 Å². The number of nitrogens with zero attached hydrogens (tertiary/aromatic N) is 7. The number of carbonyl (C=O) groups is 1. The van der Waals surface area contributed by atoms with E-state index < -0.39 is 30.4 Å². The Bertz CT molecular complexity index is 1510. The molecule has 1 atom stereocenters. The maximum Gasteiger partial charge on any atom is 0.416 e. The molecule has 2 aromatic heterocycles. The molecule has 1 amide bonds. The van der Waals surface area contributed by atoms with Gasteiger partial charge in [-0.25, -0.2) is 24.2 Å². The third-order valence-corrected chi connectivity index (χ3v) is 5.96. The first kappa shape index (κ1) is 28.0. The van der Waals surface area contributed by atoms with Gasteiger partial charge >= 0.3 is 11.9 Å². The highest BCUT2D eigenvalue weighted by molar-refractivity contribution is 6.30. The maximum absolute atomic E-state index is 13.1. The van der Waals surface area contributed by atoms with Gasteiger partial charge in [0.1, 0.15) is 12.9 Å². The summed E-state index contributed by atoms with van der Waals surface area (Å²) in [5, 5.41) is 19.7. The van der Waals surface area contributed by atoms with E-state index in [4.69, 9.17) is 16.4 Å². The molecule has 0 aliphatic heterocycles. The molecule has 39 heavy (non-hydrogen) atoms. The largest absolute Gasteiger partial charge is 0.416 e. The Morgan fingerprint density at radius 2 is 1.85 bits per heavy atom. The average molecular weight is 566 g/mol. The van der Waals surface area contributed by atoms with Gasteiger partial charge in [0, 0.05) is 17.1 Å². The molecule has 0 fully saturated rings. The fourth-order valence-corrected chi connectivity index (χ4v) is 3.89. The molecule has 4 rings (SSSR count). The number of hydroxylamine groups is 2. The number of rotatable bonds is 9. The van der Waals surface area contributed by atoms with Crippen molar-refractivity contribution in [3.63, 3.8) is 0 Å². The summed E-state index contributed by atoms with van der Waals surface area (Å²) in [7, 11) is 1.38. The van der Waals surface area contributed by atoms with Gasteiger partial charge < -0.3 is 5.11 Å². The van der Waals surface area contributed by atoms with Crippen LogP contribution in [0.2, 0.25) is 5.02 Å². The lowest BCUT2D eigenvalue weighted by Gasteiger charge is -2.19. The minimum atomic E-state index is -4.94. The number of alkyl halides is 3. The van der Waals surface area contributed by atoms with Crippen molar-refractivity contribution in [2.24, 2.45) is 0 Å². The maximum atomic E-state index is 13.1. The lowest BCUT2D eigenvalue weighted by atomic mass is 10.1. The number of hydrogen-bond acceptors (Lipinski definition) is 7. The number of benzene rings is 2. The first-order valence-corrected chi connectivity index (χ1v) is 12.0. The van der Waals surface area contributed by atoms with E-state index in [1.54, 1.807) is 31.2 Å². The van der Waals surface area contributed by atoms with Crippen LogP contribution in [0.15, 0.2) is 59.7 Å². The van der Waals surface area contributed by atoms with Crippen molar-refractivity contribution in [1.29, 1.82) is 0 Å². The molecule has 2 heterocycles.